The molecule has 0 aromatic rings. The molecule has 7 nitrogen and oxygen atoms in total. The van der Waals surface area contributed by atoms with Crippen molar-refractivity contribution in [2.45, 2.75) is 77.7 Å². The van der Waals surface area contributed by atoms with Crippen LogP contribution >= 0.6 is 0 Å². The molecular formula is C18H42O7Si4. The van der Waals surface area contributed by atoms with Crippen molar-refractivity contribution in [1.29, 1.82) is 0 Å². The highest BCUT2D eigenvalue weighted by Gasteiger charge is 2.41. The van der Waals surface area contributed by atoms with Gasteiger partial charge in [-0.3, -0.25) is 4.79 Å². The molecule has 0 aromatic carbocycles. The minimum atomic E-state index is -2.36. The predicted molar refractivity (Wildman–Crippen MR) is 126 cm³/mol. The van der Waals surface area contributed by atoms with Crippen LogP contribution in [0.1, 0.15) is 19.3 Å². The van der Waals surface area contributed by atoms with Crippen LogP contribution in [0.3, 0.4) is 0 Å². The second kappa shape index (κ2) is 13.4. The fraction of sp³-hybridized carbons (Fsp3) is 0.833. The maximum absolute atomic E-state index is 11.1. The van der Waals surface area contributed by atoms with Crippen LogP contribution in [0.25, 0.3) is 0 Å². The summed E-state index contributed by atoms with van der Waals surface area (Å²) in [6, 6.07) is 0. The van der Waals surface area contributed by atoms with Crippen LogP contribution < -0.4 is 0 Å². The van der Waals surface area contributed by atoms with Gasteiger partial charge in [-0.15, -0.1) is 0 Å². The second-order valence-corrected chi connectivity index (χ2v) is 22.1. The fourth-order valence-electron chi connectivity index (χ4n) is 3.02. The Morgan fingerprint density at radius 1 is 1.03 bits per heavy atom. The molecule has 172 valence electrons. The van der Waals surface area contributed by atoms with Crippen LogP contribution in [0, 0.1) is 0 Å². The molecule has 0 aliphatic heterocycles. The van der Waals surface area contributed by atoms with Crippen molar-refractivity contribution in [2.75, 3.05) is 19.8 Å². The number of ether oxygens (including phenoxy) is 1. The summed E-state index contributed by atoms with van der Waals surface area (Å²) in [6.07, 6.45) is 2.03. The number of hydrogen-bond acceptors (Lipinski definition) is 7. The molecule has 29 heavy (non-hydrogen) atoms. The molecule has 0 aliphatic rings. The van der Waals surface area contributed by atoms with E-state index in [-0.39, 0.29) is 12.4 Å². The van der Waals surface area contributed by atoms with Crippen molar-refractivity contribution in [2.24, 2.45) is 0 Å². The van der Waals surface area contributed by atoms with Gasteiger partial charge in [0.05, 0.1) is 12.7 Å². The second-order valence-electron chi connectivity index (χ2n) is 8.71. The summed E-state index contributed by atoms with van der Waals surface area (Å²) in [4.78, 5) is 11.1. The van der Waals surface area contributed by atoms with Gasteiger partial charge in [-0.25, -0.2) is 0 Å². The molecule has 1 atom stereocenters. The Bertz CT molecular complexity index is 499. The lowest BCUT2D eigenvalue weighted by atomic mass is 10.1. The number of allylic oxidation sites excluding steroid dienone is 1. The normalized spacial score (nSPS) is 14.3. The molecule has 0 rings (SSSR count). The standard InChI is InChI=1S/C18H42O7Si4/c1-10-17(19)12-13-18(20)16-21-14-11-15-22-27(4,5)24-29(8,9)25-28(6,7)23-26(2)3/h10,18,20,26H,1,11-16H2,2-9H3. The van der Waals surface area contributed by atoms with E-state index in [0.717, 1.165) is 0 Å². The monoisotopic (exact) mass is 482 g/mol. The molecule has 0 bridgehead atoms. The molecule has 1 unspecified atom stereocenters. The highest BCUT2D eigenvalue weighted by Crippen LogP contribution is 2.22. The van der Waals surface area contributed by atoms with Crippen LogP contribution in [-0.4, -0.2) is 71.5 Å². The Balaban J connectivity index is 4.13. The Hall–Kier alpha value is 0.0375. The number of aliphatic hydroxyl groups is 1. The van der Waals surface area contributed by atoms with Crippen LogP contribution in [0.15, 0.2) is 12.7 Å². The summed E-state index contributed by atoms with van der Waals surface area (Å²) in [6.45, 7) is 21.3. The maximum Gasteiger partial charge on any atom is 0.322 e. The molecule has 0 fully saturated rings. The molecule has 0 amide bonds. The highest BCUT2D eigenvalue weighted by molar-refractivity contribution is 6.86. The summed E-state index contributed by atoms with van der Waals surface area (Å²) in [5, 5.41) is 9.78. The van der Waals surface area contributed by atoms with Crippen molar-refractivity contribution in [1.82, 2.24) is 0 Å². The van der Waals surface area contributed by atoms with Gasteiger partial charge in [0.25, 0.3) is 0 Å². The van der Waals surface area contributed by atoms with Crippen molar-refractivity contribution < 1.29 is 31.4 Å². The number of carbonyl (C=O) groups excluding carboxylic acids is 1. The molecule has 0 saturated heterocycles. The van der Waals surface area contributed by atoms with Crippen molar-refractivity contribution in [3.8, 4) is 0 Å². The number of rotatable bonds is 17. The molecule has 0 aliphatic carbocycles. The lowest BCUT2D eigenvalue weighted by Gasteiger charge is -2.38. The summed E-state index contributed by atoms with van der Waals surface area (Å²) in [5.74, 6) is -0.0657. The van der Waals surface area contributed by atoms with Gasteiger partial charge >= 0.3 is 25.7 Å². The predicted octanol–water partition coefficient (Wildman–Crippen LogP) is 3.44. The topological polar surface area (TPSA) is 83.5 Å². The molecule has 11 heteroatoms. The van der Waals surface area contributed by atoms with Gasteiger partial charge in [-0.05, 0) is 71.3 Å². The SMILES string of the molecule is C=CC(=O)CCC(O)COCCCO[Si](C)(C)O[Si](C)(C)O[Si](C)(C)O[SiH](C)C. The Labute approximate surface area is 182 Å². The zero-order valence-corrected chi connectivity index (χ0v) is 23.7. The first-order valence-corrected chi connectivity index (χ1v) is 21.5. The van der Waals surface area contributed by atoms with E-state index in [9.17, 15) is 9.90 Å². The fourth-order valence-corrected chi connectivity index (χ4v) is 19.1. The van der Waals surface area contributed by atoms with E-state index in [1.54, 1.807) is 0 Å². The van der Waals surface area contributed by atoms with E-state index in [0.29, 0.717) is 32.5 Å². The maximum atomic E-state index is 11.1. The van der Waals surface area contributed by atoms with E-state index in [1.807, 2.05) is 26.2 Å². The first kappa shape index (κ1) is 29.0. The summed E-state index contributed by atoms with van der Waals surface area (Å²) < 4.78 is 30.2. The quantitative estimate of drug-likeness (QED) is 0.193. The zero-order valence-electron chi connectivity index (χ0n) is 19.6. The number of aliphatic hydroxyl groups excluding tert-OH is 1. The van der Waals surface area contributed by atoms with Gasteiger partial charge in [0, 0.05) is 19.6 Å². The van der Waals surface area contributed by atoms with E-state index in [4.69, 9.17) is 21.5 Å². The Morgan fingerprint density at radius 3 is 2.17 bits per heavy atom. The number of carbonyl (C=O) groups is 1. The molecule has 0 aromatic heterocycles. The van der Waals surface area contributed by atoms with Gasteiger partial charge in [0.1, 0.15) is 0 Å². The minimum absolute atomic E-state index is 0.0657. The van der Waals surface area contributed by atoms with Crippen LogP contribution in [0.4, 0.5) is 0 Å². The van der Waals surface area contributed by atoms with Gasteiger partial charge < -0.3 is 26.6 Å². The molecule has 1 N–H and O–H groups in total. The molecule has 0 spiro atoms. The van der Waals surface area contributed by atoms with E-state index >= 15 is 0 Å². The molecule has 0 heterocycles. The third-order valence-corrected chi connectivity index (χ3v) is 16.6. The molecule has 0 radical (unpaired) electrons. The van der Waals surface area contributed by atoms with Gasteiger partial charge in [0.2, 0.25) is 0 Å². The van der Waals surface area contributed by atoms with Crippen molar-refractivity contribution in [3.63, 3.8) is 0 Å². The Kier molecular flexibility index (Phi) is 13.5. The smallest absolute Gasteiger partial charge is 0.322 e. The first-order chi connectivity index (χ1) is 13.2. The molecule has 0 saturated carbocycles. The average molecular weight is 483 g/mol. The Morgan fingerprint density at radius 2 is 1.62 bits per heavy atom. The zero-order chi connectivity index (χ0) is 22.7. The minimum Gasteiger partial charge on any atom is -0.440 e. The van der Waals surface area contributed by atoms with Gasteiger partial charge in [0.15, 0.2) is 14.8 Å². The van der Waals surface area contributed by atoms with Crippen molar-refractivity contribution in [3.05, 3.63) is 12.7 Å². The first-order valence-electron chi connectivity index (χ1n) is 10.3. The lowest BCUT2D eigenvalue weighted by Crippen LogP contribution is -2.55. The largest absolute Gasteiger partial charge is 0.440 e. The summed E-state index contributed by atoms with van der Waals surface area (Å²) >= 11 is 0. The van der Waals surface area contributed by atoms with E-state index in [1.165, 1.54) is 6.08 Å². The van der Waals surface area contributed by atoms with Crippen LogP contribution in [-0.2, 0) is 26.3 Å². The van der Waals surface area contributed by atoms with Crippen LogP contribution in [0.5, 0.6) is 0 Å². The highest BCUT2D eigenvalue weighted by atomic mass is 28.5. The van der Waals surface area contributed by atoms with E-state index in [2.05, 4.69) is 32.8 Å². The molecular weight excluding hydrogens is 441 g/mol. The van der Waals surface area contributed by atoms with Gasteiger partial charge in [-0.2, -0.15) is 0 Å². The van der Waals surface area contributed by atoms with E-state index < -0.39 is 40.8 Å². The number of hydrogen-bond donors (Lipinski definition) is 1. The number of ketones is 1. The lowest BCUT2D eigenvalue weighted by molar-refractivity contribution is -0.115. The van der Waals surface area contributed by atoms with Crippen LogP contribution in [0.2, 0.25) is 52.4 Å². The summed E-state index contributed by atoms with van der Waals surface area (Å²) in [5.41, 5.74) is 0. The summed E-state index contributed by atoms with van der Waals surface area (Å²) in [7, 11) is -8.02. The van der Waals surface area contributed by atoms with Crippen molar-refractivity contribution >= 4 is 40.5 Å². The third-order valence-electron chi connectivity index (χ3n) is 3.65. The average Bonchev–Trinajstić information content (AvgIpc) is 2.51. The van der Waals surface area contributed by atoms with Gasteiger partial charge in [-0.1, -0.05) is 6.58 Å². The third kappa shape index (κ3) is 16.4.